The molecule has 21 heavy (non-hydrogen) atoms. The number of hydrogen-bond acceptors (Lipinski definition) is 3. The molecule has 1 amide bonds. The third-order valence-electron chi connectivity index (χ3n) is 4.79. The zero-order chi connectivity index (χ0) is 14.5. The molecule has 1 aromatic heterocycles. The first-order chi connectivity index (χ1) is 10.3. The van der Waals surface area contributed by atoms with Gasteiger partial charge in [0, 0.05) is 31.2 Å². The average Bonchev–Trinajstić information content (AvgIpc) is 2.57. The highest BCUT2D eigenvalue weighted by atomic mass is 16.1. The van der Waals surface area contributed by atoms with E-state index in [0.717, 1.165) is 44.6 Å². The lowest BCUT2D eigenvalue weighted by Crippen LogP contribution is -2.46. The smallest absolute Gasteiger partial charge is 0.223 e. The summed E-state index contributed by atoms with van der Waals surface area (Å²) in [5.74, 6) is 1.62. The van der Waals surface area contributed by atoms with Crippen molar-refractivity contribution in [2.75, 3.05) is 18.0 Å². The van der Waals surface area contributed by atoms with Gasteiger partial charge in [-0.2, -0.15) is 0 Å². The third-order valence-corrected chi connectivity index (χ3v) is 4.79. The fourth-order valence-electron chi connectivity index (χ4n) is 3.48. The minimum absolute atomic E-state index is 0.271. The number of carbonyl (C=O) groups is 1. The first-order valence-corrected chi connectivity index (χ1v) is 8.29. The van der Waals surface area contributed by atoms with Gasteiger partial charge in [0.05, 0.1) is 0 Å². The largest absolute Gasteiger partial charge is 0.356 e. The van der Waals surface area contributed by atoms with Crippen molar-refractivity contribution in [1.29, 1.82) is 0 Å². The quantitative estimate of drug-likeness (QED) is 0.929. The summed E-state index contributed by atoms with van der Waals surface area (Å²) in [6.45, 7) is 1.96. The summed E-state index contributed by atoms with van der Waals surface area (Å²) in [4.78, 5) is 19.0. The molecule has 0 aromatic carbocycles. The van der Waals surface area contributed by atoms with E-state index < -0.39 is 0 Å². The van der Waals surface area contributed by atoms with Crippen molar-refractivity contribution in [3.63, 3.8) is 0 Å². The van der Waals surface area contributed by atoms with Crippen LogP contribution in [0, 0.1) is 5.92 Å². The second-order valence-electron chi connectivity index (χ2n) is 6.29. The molecular weight excluding hydrogens is 262 g/mol. The second-order valence-corrected chi connectivity index (χ2v) is 6.29. The number of carbonyl (C=O) groups excluding carboxylic acids is 1. The maximum atomic E-state index is 12.3. The molecule has 0 spiro atoms. The van der Waals surface area contributed by atoms with Crippen molar-refractivity contribution < 1.29 is 4.79 Å². The molecule has 2 aliphatic rings. The molecule has 4 nitrogen and oxygen atoms in total. The summed E-state index contributed by atoms with van der Waals surface area (Å²) < 4.78 is 0. The topological polar surface area (TPSA) is 45.2 Å². The van der Waals surface area contributed by atoms with E-state index in [2.05, 4.69) is 21.3 Å². The van der Waals surface area contributed by atoms with Gasteiger partial charge in [-0.25, -0.2) is 4.98 Å². The van der Waals surface area contributed by atoms with Crippen molar-refractivity contribution in [1.82, 2.24) is 10.3 Å². The van der Waals surface area contributed by atoms with E-state index in [0.29, 0.717) is 11.9 Å². The van der Waals surface area contributed by atoms with Crippen LogP contribution in [0.3, 0.4) is 0 Å². The van der Waals surface area contributed by atoms with Gasteiger partial charge in [-0.05, 0) is 37.8 Å². The predicted molar refractivity (Wildman–Crippen MR) is 84.2 cm³/mol. The molecule has 1 aliphatic heterocycles. The first kappa shape index (κ1) is 14.4. The van der Waals surface area contributed by atoms with E-state index in [4.69, 9.17) is 0 Å². The molecule has 1 saturated heterocycles. The van der Waals surface area contributed by atoms with E-state index in [1.165, 1.54) is 19.3 Å². The van der Waals surface area contributed by atoms with Crippen LogP contribution in [-0.2, 0) is 4.79 Å². The maximum absolute atomic E-state index is 12.3. The molecule has 0 radical (unpaired) electrons. The van der Waals surface area contributed by atoms with Crippen LogP contribution in [-0.4, -0.2) is 30.0 Å². The Balaban J connectivity index is 1.46. The Morgan fingerprint density at radius 3 is 2.52 bits per heavy atom. The number of nitrogens with one attached hydrogen (secondary N) is 1. The number of pyridine rings is 1. The van der Waals surface area contributed by atoms with Crippen LogP contribution < -0.4 is 10.2 Å². The fourth-order valence-corrected chi connectivity index (χ4v) is 3.48. The number of aromatic nitrogens is 1. The summed E-state index contributed by atoms with van der Waals surface area (Å²) in [5, 5.41) is 3.27. The van der Waals surface area contributed by atoms with Crippen molar-refractivity contribution in [3.8, 4) is 0 Å². The molecule has 2 fully saturated rings. The molecule has 3 rings (SSSR count). The minimum atomic E-state index is 0.271. The highest BCUT2D eigenvalue weighted by molar-refractivity contribution is 5.79. The number of amides is 1. The lowest BCUT2D eigenvalue weighted by molar-refractivity contribution is -0.126. The van der Waals surface area contributed by atoms with Crippen molar-refractivity contribution in [2.45, 2.75) is 51.0 Å². The molecule has 0 bridgehead atoms. The fraction of sp³-hybridized carbons (Fsp3) is 0.647. The maximum Gasteiger partial charge on any atom is 0.223 e. The average molecular weight is 287 g/mol. The lowest BCUT2D eigenvalue weighted by Gasteiger charge is -2.34. The normalized spacial score (nSPS) is 21.2. The Bertz CT molecular complexity index is 448. The Hall–Kier alpha value is -1.58. The molecule has 1 aliphatic carbocycles. The Morgan fingerprint density at radius 2 is 1.86 bits per heavy atom. The van der Waals surface area contributed by atoms with Crippen molar-refractivity contribution in [3.05, 3.63) is 24.4 Å². The molecule has 1 N–H and O–H groups in total. The Morgan fingerprint density at radius 1 is 1.10 bits per heavy atom. The van der Waals surface area contributed by atoms with Gasteiger partial charge in [0.1, 0.15) is 5.82 Å². The lowest BCUT2D eigenvalue weighted by atomic mass is 9.88. The molecule has 114 valence electrons. The summed E-state index contributed by atoms with van der Waals surface area (Å²) in [6.07, 6.45) is 9.78. The van der Waals surface area contributed by atoms with E-state index >= 15 is 0 Å². The van der Waals surface area contributed by atoms with Gasteiger partial charge in [-0.15, -0.1) is 0 Å². The van der Waals surface area contributed by atoms with E-state index in [1.54, 1.807) is 0 Å². The van der Waals surface area contributed by atoms with Crippen LogP contribution in [0.2, 0.25) is 0 Å². The van der Waals surface area contributed by atoms with Crippen molar-refractivity contribution >= 4 is 11.7 Å². The SMILES string of the molecule is O=C(NC1CCN(c2ccccn2)CC1)C1CCCCC1. The van der Waals surface area contributed by atoms with Gasteiger partial charge in [0.25, 0.3) is 0 Å². The summed E-state index contributed by atoms with van der Waals surface area (Å²) in [6, 6.07) is 6.38. The predicted octanol–water partition coefficient (Wildman–Crippen LogP) is 2.75. The molecule has 0 atom stereocenters. The molecule has 1 saturated carbocycles. The zero-order valence-corrected chi connectivity index (χ0v) is 12.6. The van der Waals surface area contributed by atoms with Gasteiger partial charge in [0.15, 0.2) is 0 Å². The van der Waals surface area contributed by atoms with Crippen LogP contribution in [0.5, 0.6) is 0 Å². The minimum Gasteiger partial charge on any atom is -0.356 e. The highest BCUT2D eigenvalue weighted by Crippen LogP contribution is 2.24. The number of nitrogens with zero attached hydrogens (tertiary/aromatic N) is 2. The van der Waals surface area contributed by atoms with Gasteiger partial charge in [0.2, 0.25) is 5.91 Å². The standard InChI is InChI=1S/C17H25N3O/c21-17(14-6-2-1-3-7-14)19-15-9-12-20(13-10-15)16-8-4-5-11-18-16/h4-5,8,11,14-15H,1-3,6-7,9-10,12-13H2,(H,19,21). The second kappa shape index (κ2) is 6.92. The van der Waals surface area contributed by atoms with Crippen LogP contribution in [0.4, 0.5) is 5.82 Å². The van der Waals surface area contributed by atoms with Crippen LogP contribution in [0.1, 0.15) is 44.9 Å². The Labute approximate surface area is 126 Å². The van der Waals surface area contributed by atoms with E-state index in [-0.39, 0.29) is 5.92 Å². The number of rotatable bonds is 3. The molecular formula is C17H25N3O. The monoisotopic (exact) mass is 287 g/mol. The zero-order valence-electron chi connectivity index (χ0n) is 12.6. The summed E-state index contributed by atoms with van der Waals surface area (Å²) in [5.41, 5.74) is 0. The molecule has 1 aromatic rings. The van der Waals surface area contributed by atoms with Crippen LogP contribution in [0.25, 0.3) is 0 Å². The van der Waals surface area contributed by atoms with Crippen LogP contribution in [0.15, 0.2) is 24.4 Å². The number of piperidine rings is 1. The van der Waals surface area contributed by atoms with Gasteiger partial charge < -0.3 is 10.2 Å². The summed E-state index contributed by atoms with van der Waals surface area (Å²) in [7, 11) is 0. The van der Waals surface area contributed by atoms with Gasteiger partial charge >= 0.3 is 0 Å². The number of anilines is 1. The van der Waals surface area contributed by atoms with E-state index in [9.17, 15) is 4.79 Å². The highest BCUT2D eigenvalue weighted by Gasteiger charge is 2.26. The molecule has 2 heterocycles. The van der Waals surface area contributed by atoms with Crippen LogP contribution >= 0.6 is 0 Å². The molecule has 0 unspecified atom stereocenters. The van der Waals surface area contributed by atoms with E-state index in [1.807, 2.05) is 18.3 Å². The first-order valence-electron chi connectivity index (χ1n) is 8.29. The third kappa shape index (κ3) is 3.74. The summed E-state index contributed by atoms with van der Waals surface area (Å²) >= 11 is 0. The van der Waals surface area contributed by atoms with Gasteiger partial charge in [-0.1, -0.05) is 25.3 Å². The number of hydrogen-bond donors (Lipinski definition) is 1. The van der Waals surface area contributed by atoms with Crippen molar-refractivity contribution in [2.24, 2.45) is 5.92 Å². The van der Waals surface area contributed by atoms with Gasteiger partial charge in [-0.3, -0.25) is 4.79 Å². The molecule has 4 heteroatoms. The Kier molecular flexibility index (Phi) is 4.73.